The van der Waals surface area contributed by atoms with E-state index in [0.717, 1.165) is 44.2 Å². The lowest BCUT2D eigenvalue weighted by molar-refractivity contribution is -0.136. The van der Waals surface area contributed by atoms with E-state index < -0.39 is 6.10 Å². The first-order chi connectivity index (χ1) is 14.6. The van der Waals surface area contributed by atoms with Gasteiger partial charge in [-0.15, -0.1) is 24.0 Å². The normalized spacial score (nSPS) is 19.0. The van der Waals surface area contributed by atoms with Crippen molar-refractivity contribution in [2.75, 3.05) is 72.1 Å². The first-order valence-corrected chi connectivity index (χ1v) is 11.0. The van der Waals surface area contributed by atoms with Crippen molar-refractivity contribution in [2.24, 2.45) is 4.99 Å². The predicted molar refractivity (Wildman–Crippen MR) is 133 cm³/mol. The van der Waals surface area contributed by atoms with E-state index >= 15 is 0 Å². The number of aliphatic hydroxyl groups is 1. The number of rotatable bonds is 6. The van der Waals surface area contributed by atoms with E-state index in [9.17, 15) is 9.90 Å². The van der Waals surface area contributed by atoms with Crippen molar-refractivity contribution in [3.05, 3.63) is 34.9 Å². The summed E-state index contributed by atoms with van der Waals surface area (Å²) >= 11 is 5.91. The van der Waals surface area contributed by atoms with Gasteiger partial charge in [-0.3, -0.25) is 14.7 Å². The van der Waals surface area contributed by atoms with Crippen LogP contribution in [0.3, 0.4) is 0 Å². The standard InChI is InChI=1S/C21H32ClN5O3.HI/c1-2-23-21(24-15-19(28)17-3-5-18(22)6-4-17)27-9-7-25(8-10-27)16-20(29)26-11-13-30-14-12-26;/h3-6,19,28H,2,7-16H2,1H3,(H,23,24);1H. The largest absolute Gasteiger partial charge is 0.386 e. The number of piperazine rings is 1. The Hall–Kier alpha value is -1.14. The van der Waals surface area contributed by atoms with Gasteiger partial charge in [0.05, 0.1) is 32.4 Å². The van der Waals surface area contributed by atoms with Crippen LogP contribution < -0.4 is 5.32 Å². The molecule has 2 fully saturated rings. The molecule has 0 aliphatic carbocycles. The Labute approximate surface area is 206 Å². The molecule has 1 aromatic carbocycles. The predicted octanol–water partition coefficient (Wildman–Crippen LogP) is 1.43. The zero-order chi connectivity index (χ0) is 21.3. The maximum Gasteiger partial charge on any atom is 0.236 e. The minimum Gasteiger partial charge on any atom is -0.386 e. The first kappa shape index (κ1) is 26.1. The van der Waals surface area contributed by atoms with Gasteiger partial charge in [-0.05, 0) is 24.6 Å². The van der Waals surface area contributed by atoms with E-state index in [1.54, 1.807) is 12.1 Å². The number of aliphatic hydroxyl groups excluding tert-OH is 1. The van der Waals surface area contributed by atoms with Crippen molar-refractivity contribution in [3.8, 4) is 0 Å². The molecular weight excluding hydrogens is 533 g/mol. The molecule has 0 bridgehead atoms. The number of amides is 1. The van der Waals surface area contributed by atoms with E-state index in [4.69, 9.17) is 16.3 Å². The highest BCUT2D eigenvalue weighted by molar-refractivity contribution is 14.0. The Bertz CT molecular complexity index is 707. The SMILES string of the molecule is CCNC(=NCC(O)c1ccc(Cl)cc1)N1CCN(CC(=O)N2CCOCC2)CC1.I. The third-order valence-corrected chi connectivity index (χ3v) is 5.65. The second-order valence-corrected chi connectivity index (χ2v) is 7.95. The molecule has 0 aromatic heterocycles. The zero-order valence-corrected chi connectivity index (χ0v) is 21.1. The summed E-state index contributed by atoms with van der Waals surface area (Å²) in [6.45, 7) is 9.34. The van der Waals surface area contributed by atoms with Gasteiger partial charge < -0.3 is 25.0 Å². The van der Waals surface area contributed by atoms with E-state index in [1.165, 1.54) is 0 Å². The number of aliphatic imine (C=N–C) groups is 1. The van der Waals surface area contributed by atoms with E-state index in [-0.39, 0.29) is 36.4 Å². The fourth-order valence-corrected chi connectivity index (χ4v) is 3.74. The number of carbonyl (C=O) groups is 1. The van der Waals surface area contributed by atoms with E-state index in [0.29, 0.717) is 37.9 Å². The molecule has 2 heterocycles. The number of halogens is 2. The fourth-order valence-electron chi connectivity index (χ4n) is 3.61. The van der Waals surface area contributed by atoms with Crippen molar-refractivity contribution in [3.63, 3.8) is 0 Å². The molecule has 0 radical (unpaired) electrons. The molecule has 8 nitrogen and oxygen atoms in total. The minimum absolute atomic E-state index is 0. The molecule has 1 atom stereocenters. The molecule has 2 N–H and O–H groups in total. The zero-order valence-electron chi connectivity index (χ0n) is 18.0. The average Bonchev–Trinajstić information content (AvgIpc) is 2.78. The number of ether oxygens (including phenoxy) is 1. The number of benzene rings is 1. The minimum atomic E-state index is -0.677. The van der Waals surface area contributed by atoms with Gasteiger partial charge in [-0.25, -0.2) is 0 Å². The van der Waals surface area contributed by atoms with Crippen LogP contribution in [-0.4, -0.2) is 104 Å². The molecule has 31 heavy (non-hydrogen) atoms. The topological polar surface area (TPSA) is 80.6 Å². The summed E-state index contributed by atoms with van der Waals surface area (Å²) < 4.78 is 5.32. The fraction of sp³-hybridized carbons (Fsp3) is 0.619. The summed E-state index contributed by atoms with van der Waals surface area (Å²) in [5.74, 6) is 0.975. The molecule has 1 aromatic rings. The molecule has 1 unspecified atom stereocenters. The lowest BCUT2D eigenvalue weighted by atomic mass is 10.1. The van der Waals surface area contributed by atoms with Gasteiger partial charge in [0.15, 0.2) is 5.96 Å². The Balaban J connectivity index is 0.00000341. The van der Waals surface area contributed by atoms with Crippen molar-refractivity contribution in [2.45, 2.75) is 13.0 Å². The lowest BCUT2D eigenvalue weighted by Crippen LogP contribution is -2.55. The maximum atomic E-state index is 12.5. The Morgan fingerprint density at radius 3 is 2.39 bits per heavy atom. The molecule has 3 rings (SSSR count). The second kappa shape index (κ2) is 13.4. The average molecular weight is 566 g/mol. The highest BCUT2D eigenvalue weighted by Gasteiger charge is 2.24. The van der Waals surface area contributed by atoms with Crippen molar-refractivity contribution in [1.82, 2.24) is 20.0 Å². The van der Waals surface area contributed by atoms with Gasteiger partial charge in [0.1, 0.15) is 0 Å². The third-order valence-electron chi connectivity index (χ3n) is 5.40. The van der Waals surface area contributed by atoms with E-state index in [2.05, 4.69) is 20.1 Å². The molecule has 2 saturated heterocycles. The highest BCUT2D eigenvalue weighted by Crippen LogP contribution is 2.17. The number of guanidine groups is 1. The molecule has 1 amide bonds. The Morgan fingerprint density at radius 1 is 1.13 bits per heavy atom. The summed E-state index contributed by atoms with van der Waals surface area (Å²) in [6.07, 6.45) is -0.677. The number of nitrogens with one attached hydrogen (secondary N) is 1. The Morgan fingerprint density at radius 2 is 1.77 bits per heavy atom. The lowest BCUT2D eigenvalue weighted by Gasteiger charge is -2.37. The Kier molecular flexibility index (Phi) is 11.3. The van der Waals surface area contributed by atoms with Crippen LogP contribution in [0.5, 0.6) is 0 Å². The van der Waals surface area contributed by atoms with Crippen LogP contribution >= 0.6 is 35.6 Å². The van der Waals surface area contributed by atoms with Gasteiger partial charge in [0.25, 0.3) is 0 Å². The number of nitrogens with zero attached hydrogens (tertiary/aromatic N) is 4. The number of hydrogen-bond acceptors (Lipinski definition) is 5. The van der Waals surface area contributed by atoms with Crippen LogP contribution in [0.15, 0.2) is 29.3 Å². The second-order valence-electron chi connectivity index (χ2n) is 7.52. The maximum absolute atomic E-state index is 12.5. The summed E-state index contributed by atoms with van der Waals surface area (Å²) in [6, 6.07) is 7.18. The molecule has 2 aliphatic rings. The highest BCUT2D eigenvalue weighted by atomic mass is 127. The molecule has 10 heteroatoms. The quantitative estimate of drug-likeness (QED) is 0.309. The summed E-state index contributed by atoms with van der Waals surface area (Å²) in [4.78, 5) is 23.4. The van der Waals surface area contributed by atoms with Crippen LogP contribution in [-0.2, 0) is 9.53 Å². The van der Waals surface area contributed by atoms with Gasteiger partial charge >= 0.3 is 0 Å². The van der Waals surface area contributed by atoms with Crippen LogP contribution in [0.4, 0.5) is 0 Å². The van der Waals surface area contributed by atoms with Crippen LogP contribution in [0.1, 0.15) is 18.6 Å². The third kappa shape index (κ3) is 8.05. The van der Waals surface area contributed by atoms with Gasteiger partial charge in [0.2, 0.25) is 5.91 Å². The molecule has 0 saturated carbocycles. The van der Waals surface area contributed by atoms with Crippen molar-refractivity contribution >= 4 is 47.4 Å². The summed E-state index contributed by atoms with van der Waals surface area (Å²) in [7, 11) is 0. The van der Waals surface area contributed by atoms with Gasteiger partial charge in [-0.1, -0.05) is 23.7 Å². The van der Waals surface area contributed by atoms with Crippen molar-refractivity contribution in [1.29, 1.82) is 0 Å². The molecule has 0 spiro atoms. The van der Waals surface area contributed by atoms with Crippen LogP contribution in [0.25, 0.3) is 0 Å². The first-order valence-electron chi connectivity index (χ1n) is 10.6. The number of hydrogen-bond donors (Lipinski definition) is 2. The van der Waals surface area contributed by atoms with Crippen LogP contribution in [0, 0.1) is 0 Å². The number of morpholine rings is 1. The molecular formula is C21H33ClIN5O3. The van der Waals surface area contributed by atoms with Gasteiger partial charge in [0, 0.05) is 50.8 Å². The number of carbonyl (C=O) groups excluding carboxylic acids is 1. The van der Waals surface area contributed by atoms with Crippen molar-refractivity contribution < 1.29 is 14.6 Å². The molecule has 174 valence electrons. The summed E-state index contributed by atoms with van der Waals surface area (Å²) in [5.41, 5.74) is 0.797. The monoisotopic (exact) mass is 565 g/mol. The van der Waals surface area contributed by atoms with E-state index in [1.807, 2.05) is 24.0 Å². The summed E-state index contributed by atoms with van der Waals surface area (Å²) in [5, 5.41) is 14.4. The molecule has 2 aliphatic heterocycles. The van der Waals surface area contributed by atoms with Gasteiger partial charge in [-0.2, -0.15) is 0 Å². The smallest absolute Gasteiger partial charge is 0.236 e. The van der Waals surface area contributed by atoms with Crippen LogP contribution in [0.2, 0.25) is 5.02 Å².